The zero-order valence-corrected chi connectivity index (χ0v) is 16.2. The number of rotatable bonds is 8. The van der Waals surface area contributed by atoms with Gasteiger partial charge in [0.25, 0.3) is 0 Å². The molecule has 0 aliphatic rings. The van der Waals surface area contributed by atoms with Crippen LogP contribution in [0.2, 0.25) is 5.02 Å². The van der Waals surface area contributed by atoms with E-state index in [4.69, 9.17) is 16.3 Å². The highest BCUT2D eigenvalue weighted by molar-refractivity contribution is 6.30. The second kappa shape index (κ2) is 8.91. The molecule has 0 saturated carbocycles. The summed E-state index contributed by atoms with van der Waals surface area (Å²) in [7, 11) is 0. The van der Waals surface area contributed by atoms with E-state index in [-0.39, 0.29) is 0 Å². The monoisotopic (exact) mass is 391 g/mol. The summed E-state index contributed by atoms with van der Waals surface area (Å²) in [6.07, 6.45) is 2.83. The standard InChI is InChI=1S/C23H22ClN3O/c24-21-7-2-19(3-8-21)16-28-22-9-4-18(5-10-22)14-25-12-11-17-1-6-20-15-26-27-23(20)13-17/h1-10,13,15,25H,11-12,14,16H2,(H,26,27). The zero-order valence-electron chi connectivity index (χ0n) is 15.5. The Kier molecular flexibility index (Phi) is 5.90. The molecule has 1 aromatic heterocycles. The van der Waals surface area contributed by atoms with Crippen molar-refractivity contribution in [3.05, 3.63) is 94.6 Å². The van der Waals surface area contributed by atoms with Gasteiger partial charge in [0, 0.05) is 17.0 Å². The minimum atomic E-state index is 0.537. The number of benzene rings is 3. The van der Waals surface area contributed by atoms with Crippen molar-refractivity contribution in [2.75, 3.05) is 6.54 Å². The van der Waals surface area contributed by atoms with Crippen molar-refractivity contribution < 1.29 is 4.74 Å². The zero-order chi connectivity index (χ0) is 19.2. The smallest absolute Gasteiger partial charge is 0.119 e. The van der Waals surface area contributed by atoms with E-state index in [0.717, 1.165) is 46.7 Å². The first-order chi connectivity index (χ1) is 13.8. The molecule has 4 aromatic rings. The fraction of sp³-hybridized carbons (Fsp3) is 0.174. The van der Waals surface area contributed by atoms with E-state index >= 15 is 0 Å². The summed E-state index contributed by atoms with van der Waals surface area (Å²) in [6.45, 7) is 2.30. The van der Waals surface area contributed by atoms with Gasteiger partial charge in [0.05, 0.1) is 11.7 Å². The predicted molar refractivity (Wildman–Crippen MR) is 114 cm³/mol. The largest absolute Gasteiger partial charge is 0.489 e. The van der Waals surface area contributed by atoms with Gasteiger partial charge in [0.1, 0.15) is 12.4 Å². The van der Waals surface area contributed by atoms with Crippen molar-refractivity contribution in [2.45, 2.75) is 19.6 Å². The molecule has 28 heavy (non-hydrogen) atoms. The van der Waals surface area contributed by atoms with Gasteiger partial charge in [0.15, 0.2) is 0 Å². The minimum absolute atomic E-state index is 0.537. The third kappa shape index (κ3) is 4.91. The van der Waals surface area contributed by atoms with Gasteiger partial charge in [-0.15, -0.1) is 0 Å². The van der Waals surface area contributed by atoms with E-state index in [1.807, 2.05) is 42.6 Å². The molecule has 3 aromatic carbocycles. The molecule has 2 N–H and O–H groups in total. The molecule has 0 spiro atoms. The summed E-state index contributed by atoms with van der Waals surface area (Å²) in [5.41, 5.74) is 4.73. The van der Waals surface area contributed by atoms with Crippen LogP contribution in [-0.4, -0.2) is 16.7 Å². The lowest BCUT2D eigenvalue weighted by Crippen LogP contribution is -2.16. The molecule has 142 valence electrons. The Morgan fingerprint density at radius 2 is 1.64 bits per heavy atom. The van der Waals surface area contributed by atoms with Crippen LogP contribution in [0, 0.1) is 0 Å². The van der Waals surface area contributed by atoms with Gasteiger partial charge in [-0.2, -0.15) is 5.10 Å². The number of hydrogen-bond donors (Lipinski definition) is 2. The van der Waals surface area contributed by atoms with Crippen molar-refractivity contribution >= 4 is 22.5 Å². The summed E-state index contributed by atoms with van der Waals surface area (Å²) < 4.78 is 5.83. The number of nitrogens with zero attached hydrogens (tertiary/aromatic N) is 1. The van der Waals surface area contributed by atoms with Crippen LogP contribution in [0.4, 0.5) is 0 Å². The van der Waals surface area contributed by atoms with Crippen LogP contribution < -0.4 is 10.1 Å². The summed E-state index contributed by atoms with van der Waals surface area (Å²) in [4.78, 5) is 0. The molecule has 0 amide bonds. The topological polar surface area (TPSA) is 49.9 Å². The van der Waals surface area contributed by atoms with Crippen molar-refractivity contribution in [3.8, 4) is 5.75 Å². The number of aromatic nitrogens is 2. The van der Waals surface area contributed by atoms with Crippen LogP contribution in [0.3, 0.4) is 0 Å². The molecule has 0 saturated heterocycles. The fourth-order valence-corrected chi connectivity index (χ4v) is 3.18. The van der Waals surface area contributed by atoms with E-state index in [1.54, 1.807) is 0 Å². The lowest BCUT2D eigenvalue weighted by Gasteiger charge is -2.09. The number of fused-ring (bicyclic) bond motifs is 1. The Morgan fingerprint density at radius 3 is 2.46 bits per heavy atom. The molecule has 0 aliphatic carbocycles. The molecule has 4 nitrogen and oxygen atoms in total. The Morgan fingerprint density at radius 1 is 0.893 bits per heavy atom. The Labute approximate surface area is 169 Å². The van der Waals surface area contributed by atoms with Gasteiger partial charge >= 0.3 is 0 Å². The molecule has 5 heteroatoms. The second-order valence-electron chi connectivity index (χ2n) is 6.78. The molecule has 0 aliphatic heterocycles. The van der Waals surface area contributed by atoms with Crippen LogP contribution in [-0.2, 0) is 19.6 Å². The van der Waals surface area contributed by atoms with Crippen LogP contribution in [0.5, 0.6) is 5.75 Å². The Hall–Kier alpha value is -2.82. The van der Waals surface area contributed by atoms with E-state index in [0.29, 0.717) is 6.61 Å². The average Bonchev–Trinajstić information content (AvgIpc) is 3.20. The lowest BCUT2D eigenvalue weighted by atomic mass is 10.1. The van der Waals surface area contributed by atoms with Gasteiger partial charge in [-0.25, -0.2) is 0 Å². The second-order valence-corrected chi connectivity index (χ2v) is 7.21. The average molecular weight is 392 g/mol. The highest BCUT2D eigenvalue weighted by Crippen LogP contribution is 2.16. The maximum atomic E-state index is 5.90. The molecule has 1 heterocycles. The Balaban J connectivity index is 1.21. The number of hydrogen-bond acceptors (Lipinski definition) is 3. The van der Waals surface area contributed by atoms with Crippen molar-refractivity contribution in [1.29, 1.82) is 0 Å². The highest BCUT2D eigenvalue weighted by Gasteiger charge is 2.00. The summed E-state index contributed by atoms with van der Waals surface area (Å²) in [5.74, 6) is 0.867. The normalized spacial score (nSPS) is 11.0. The molecule has 0 unspecified atom stereocenters. The van der Waals surface area contributed by atoms with Gasteiger partial charge in [0.2, 0.25) is 0 Å². The van der Waals surface area contributed by atoms with Gasteiger partial charge in [-0.1, -0.05) is 48.0 Å². The third-order valence-electron chi connectivity index (χ3n) is 4.67. The van der Waals surface area contributed by atoms with Crippen molar-refractivity contribution in [3.63, 3.8) is 0 Å². The first-order valence-electron chi connectivity index (χ1n) is 9.35. The highest BCUT2D eigenvalue weighted by atomic mass is 35.5. The van der Waals surface area contributed by atoms with Crippen molar-refractivity contribution in [1.82, 2.24) is 15.5 Å². The molecule has 0 bridgehead atoms. The molecule has 0 atom stereocenters. The fourth-order valence-electron chi connectivity index (χ4n) is 3.06. The Bertz CT molecular complexity index is 1030. The maximum Gasteiger partial charge on any atom is 0.119 e. The van der Waals surface area contributed by atoms with Gasteiger partial charge in [-0.05, 0) is 60.0 Å². The van der Waals surface area contributed by atoms with E-state index < -0.39 is 0 Å². The van der Waals surface area contributed by atoms with E-state index in [2.05, 4.69) is 45.8 Å². The SMILES string of the molecule is Clc1ccc(COc2ccc(CNCCc3ccc4cn[nH]c4c3)cc2)cc1. The van der Waals surface area contributed by atoms with E-state index in [1.165, 1.54) is 11.1 Å². The minimum Gasteiger partial charge on any atom is -0.489 e. The first-order valence-corrected chi connectivity index (χ1v) is 9.73. The van der Waals surface area contributed by atoms with Crippen molar-refractivity contribution in [2.24, 2.45) is 0 Å². The first kappa shape index (κ1) is 18.5. The predicted octanol–water partition coefficient (Wildman–Crippen LogP) is 5.13. The van der Waals surface area contributed by atoms with E-state index in [9.17, 15) is 0 Å². The lowest BCUT2D eigenvalue weighted by molar-refractivity contribution is 0.306. The number of aromatic amines is 1. The maximum absolute atomic E-state index is 5.90. The van der Waals surface area contributed by atoms with Gasteiger partial charge in [-0.3, -0.25) is 5.10 Å². The molecule has 0 fully saturated rings. The van der Waals surface area contributed by atoms with Crippen LogP contribution in [0.15, 0.2) is 72.9 Å². The molecule has 4 rings (SSSR count). The third-order valence-corrected chi connectivity index (χ3v) is 4.92. The number of ether oxygens (including phenoxy) is 1. The van der Waals surface area contributed by atoms with Gasteiger partial charge < -0.3 is 10.1 Å². The number of nitrogens with one attached hydrogen (secondary N) is 2. The van der Waals surface area contributed by atoms with Crippen LogP contribution >= 0.6 is 11.6 Å². The molecule has 0 radical (unpaired) electrons. The number of H-pyrrole nitrogens is 1. The summed E-state index contributed by atoms with van der Waals surface area (Å²) in [6, 6.07) is 22.4. The van der Waals surface area contributed by atoms with Crippen LogP contribution in [0.1, 0.15) is 16.7 Å². The number of halogens is 1. The quantitative estimate of drug-likeness (QED) is 0.409. The molecular weight excluding hydrogens is 370 g/mol. The summed E-state index contributed by atoms with van der Waals surface area (Å²) in [5, 5.41) is 12.5. The molecular formula is C23H22ClN3O. The summed E-state index contributed by atoms with van der Waals surface area (Å²) >= 11 is 5.90. The van der Waals surface area contributed by atoms with Crippen LogP contribution in [0.25, 0.3) is 10.9 Å².